The van der Waals surface area contributed by atoms with E-state index in [2.05, 4.69) is 32.0 Å². The Morgan fingerprint density at radius 2 is 1.74 bits per heavy atom. The van der Waals surface area contributed by atoms with Gasteiger partial charge in [-0.1, -0.05) is 32.0 Å². The van der Waals surface area contributed by atoms with Crippen molar-refractivity contribution in [1.29, 1.82) is 0 Å². The number of fused-ring (bicyclic) bond motifs is 2. The second kappa shape index (κ2) is 4.78. The van der Waals surface area contributed by atoms with E-state index in [0.717, 1.165) is 26.6 Å². The maximum absolute atomic E-state index is 12.5. The van der Waals surface area contributed by atoms with Crippen LogP contribution >= 0.6 is 11.3 Å². The highest BCUT2D eigenvalue weighted by atomic mass is 32.1. The Morgan fingerprint density at radius 1 is 1.00 bits per heavy atom. The summed E-state index contributed by atoms with van der Waals surface area (Å²) >= 11 is 1.69. The van der Waals surface area contributed by atoms with E-state index < -0.39 is 0 Å². The zero-order chi connectivity index (χ0) is 13.4. The van der Waals surface area contributed by atoms with Gasteiger partial charge in [0.05, 0.1) is 0 Å². The molecule has 3 aromatic rings. The Kier molecular flexibility index (Phi) is 3.11. The monoisotopic (exact) mass is 268 g/mol. The fourth-order valence-electron chi connectivity index (χ4n) is 2.45. The Hall–Kier alpha value is -1.67. The first kappa shape index (κ1) is 12.4. The minimum Gasteiger partial charge on any atom is -0.289 e. The van der Waals surface area contributed by atoms with Crippen LogP contribution < -0.4 is 5.43 Å². The average Bonchev–Trinajstić information content (AvgIpc) is 2.39. The van der Waals surface area contributed by atoms with Crippen LogP contribution in [0.3, 0.4) is 0 Å². The summed E-state index contributed by atoms with van der Waals surface area (Å²) in [5.41, 5.74) is 1.41. The molecule has 0 spiro atoms. The molecule has 0 amide bonds. The predicted molar refractivity (Wildman–Crippen MR) is 84.1 cm³/mol. The summed E-state index contributed by atoms with van der Waals surface area (Å²) in [7, 11) is 0. The second-order valence-corrected chi connectivity index (χ2v) is 6.44. The molecule has 0 atom stereocenters. The van der Waals surface area contributed by atoms with Crippen LogP contribution in [0.25, 0.3) is 20.2 Å². The molecule has 2 aromatic carbocycles. The summed E-state index contributed by atoms with van der Waals surface area (Å²) in [6.45, 7) is 4.40. The summed E-state index contributed by atoms with van der Waals surface area (Å²) in [5, 5.41) is 1.70. The Morgan fingerprint density at radius 3 is 2.53 bits per heavy atom. The van der Waals surface area contributed by atoms with Crippen molar-refractivity contribution in [2.24, 2.45) is 5.92 Å². The van der Waals surface area contributed by atoms with Gasteiger partial charge in [0.2, 0.25) is 0 Å². The number of benzene rings is 2. The van der Waals surface area contributed by atoms with Crippen LogP contribution in [0.4, 0.5) is 0 Å². The van der Waals surface area contributed by atoms with Gasteiger partial charge in [-0.05, 0) is 42.2 Å². The molecule has 0 aliphatic carbocycles. The molecule has 0 unspecified atom stereocenters. The largest absolute Gasteiger partial charge is 0.289 e. The van der Waals surface area contributed by atoms with Crippen molar-refractivity contribution >= 4 is 31.5 Å². The highest BCUT2D eigenvalue weighted by molar-refractivity contribution is 7.24. The smallest absolute Gasteiger partial charge is 0.195 e. The van der Waals surface area contributed by atoms with Gasteiger partial charge < -0.3 is 0 Å². The average molecular weight is 268 g/mol. The lowest BCUT2D eigenvalue weighted by molar-refractivity contribution is 0.648. The molecule has 0 fully saturated rings. The summed E-state index contributed by atoms with van der Waals surface area (Å²) < 4.78 is 2.15. The molecule has 0 radical (unpaired) electrons. The summed E-state index contributed by atoms with van der Waals surface area (Å²) in [4.78, 5) is 12.5. The molecule has 3 rings (SSSR count). The predicted octanol–water partition coefficient (Wildman–Crippen LogP) is 4.61. The van der Waals surface area contributed by atoms with Gasteiger partial charge in [-0.2, -0.15) is 0 Å². The van der Waals surface area contributed by atoms with Gasteiger partial charge in [0.25, 0.3) is 0 Å². The van der Waals surface area contributed by atoms with E-state index in [9.17, 15) is 4.79 Å². The molecule has 0 aliphatic rings. The van der Waals surface area contributed by atoms with Gasteiger partial charge in [0.1, 0.15) is 0 Å². The lowest BCUT2D eigenvalue weighted by Crippen LogP contribution is -2.02. The van der Waals surface area contributed by atoms with E-state index in [1.54, 1.807) is 11.3 Å². The van der Waals surface area contributed by atoms with Crippen molar-refractivity contribution in [2.45, 2.75) is 20.3 Å². The first-order valence-corrected chi connectivity index (χ1v) is 7.41. The first-order valence-electron chi connectivity index (χ1n) is 6.59. The molecule has 0 N–H and O–H groups in total. The van der Waals surface area contributed by atoms with Crippen molar-refractivity contribution in [2.75, 3.05) is 0 Å². The van der Waals surface area contributed by atoms with E-state index in [4.69, 9.17) is 0 Å². The minimum atomic E-state index is 0.162. The van der Waals surface area contributed by atoms with Gasteiger partial charge in [0.15, 0.2) is 5.43 Å². The van der Waals surface area contributed by atoms with Crippen molar-refractivity contribution in [3.63, 3.8) is 0 Å². The van der Waals surface area contributed by atoms with Gasteiger partial charge in [-0.3, -0.25) is 4.79 Å². The van der Waals surface area contributed by atoms with Crippen LogP contribution in [-0.4, -0.2) is 0 Å². The van der Waals surface area contributed by atoms with Crippen molar-refractivity contribution in [1.82, 2.24) is 0 Å². The SMILES string of the molecule is CC(C)Cc1ccc2sc3ccccc3c(=O)c2c1. The van der Waals surface area contributed by atoms with Crippen LogP contribution in [-0.2, 0) is 6.42 Å². The summed E-state index contributed by atoms with van der Waals surface area (Å²) in [6.07, 6.45) is 1.02. The molecule has 96 valence electrons. The lowest BCUT2D eigenvalue weighted by Gasteiger charge is -2.06. The first-order chi connectivity index (χ1) is 9.15. The third-order valence-corrected chi connectivity index (χ3v) is 4.44. The highest BCUT2D eigenvalue weighted by Gasteiger charge is 2.07. The molecule has 19 heavy (non-hydrogen) atoms. The number of rotatable bonds is 2. The minimum absolute atomic E-state index is 0.162. The zero-order valence-electron chi connectivity index (χ0n) is 11.1. The quantitative estimate of drug-likeness (QED) is 0.620. The molecule has 2 heteroatoms. The third kappa shape index (κ3) is 2.28. The molecule has 1 nitrogen and oxygen atoms in total. The summed E-state index contributed by atoms with van der Waals surface area (Å²) in [6, 6.07) is 14.2. The maximum atomic E-state index is 12.5. The van der Waals surface area contributed by atoms with E-state index in [-0.39, 0.29) is 5.43 Å². The molecule has 1 aromatic heterocycles. The fraction of sp³-hybridized carbons (Fsp3) is 0.235. The molecular weight excluding hydrogens is 252 g/mol. The van der Waals surface area contributed by atoms with Gasteiger partial charge in [-0.25, -0.2) is 0 Å². The number of hydrogen-bond donors (Lipinski definition) is 0. The van der Waals surface area contributed by atoms with Crippen LogP contribution in [0.5, 0.6) is 0 Å². The maximum Gasteiger partial charge on any atom is 0.195 e. The highest BCUT2D eigenvalue weighted by Crippen LogP contribution is 2.25. The van der Waals surface area contributed by atoms with Crippen LogP contribution in [0, 0.1) is 5.92 Å². The molecular formula is C17H16OS. The van der Waals surface area contributed by atoms with Crippen molar-refractivity contribution in [3.05, 3.63) is 58.3 Å². The van der Waals surface area contributed by atoms with Gasteiger partial charge >= 0.3 is 0 Å². The van der Waals surface area contributed by atoms with Crippen molar-refractivity contribution in [3.8, 4) is 0 Å². The van der Waals surface area contributed by atoms with Gasteiger partial charge in [0, 0.05) is 20.2 Å². The van der Waals surface area contributed by atoms with Crippen LogP contribution in [0.15, 0.2) is 47.3 Å². The summed E-state index contributed by atoms with van der Waals surface area (Å²) in [5.74, 6) is 0.608. The Labute approximate surface area is 116 Å². The van der Waals surface area contributed by atoms with Gasteiger partial charge in [-0.15, -0.1) is 11.3 Å². The topological polar surface area (TPSA) is 17.1 Å². The second-order valence-electron chi connectivity index (χ2n) is 5.36. The molecule has 0 bridgehead atoms. The van der Waals surface area contributed by atoms with Crippen molar-refractivity contribution < 1.29 is 0 Å². The molecule has 0 saturated heterocycles. The Bertz CT molecular complexity index is 799. The third-order valence-electron chi connectivity index (χ3n) is 3.28. The normalized spacial score (nSPS) is 11.5. The Balaban J connectivity index is 2.30. The van der Waals surface area contributed by atoms with E-state index >= 15 is 0 Å². The standard InChI is InChI=1S/C17H16OS/c1-11(2)9-12-7-8-16-14(10-12)17(18)13-5-3-4-6-15(13)19-16/h3-8,10-11H,9H2,1-2H3. The fourth-order valence-corrected chi connectivity index (χ4v) is 3.50. The van der Waals surface area contributed by atoms with Crippen LogP contribution in [0.2, 0.25) is 0 Å². The van der Waals surface area contributed by atoms with Crippen LogP contribution in [0.1, 0.15) is 19.4 Å². The van der Waals surface area contributed by atoms with E-state index in [0.29, 0.717) is 5.92 Å². The van der Waals surface area contributed by atoms with E-state index in [1.165, 1.54) is 5.56 Å². The molecule has 0 saturated carbocycles. The zero-order valence-corrected chi connectivity index (χ0v) is 12.0. The molecule has 0 aliphatic heterocycles. The molecule has 1 heterocycles. The number of hydrogen-bond acceptors (Lipinski definition) is 2. The van der Waals surface area contributed by atoms with E-state index in [1.807, 2.05) is 24.3 Å². The lowest BCUT2D eigenvalue weighted by atomic mass is 10.0.